The average Bonchev–Trinajstić information content (AvgIpc) is 2.83. The third kappa shape index (κ3) is 3.12. The van der Waals surface area contributed by atoms with E-state index >= 15 is 0 Å². The van der Waals surface area contributed by atoms with Gasteiger partial charge in [-0.05, 0) is 37.8 Å². The molecule has 1 aromatic heterocycles. The van der Waals surface area contributed by atoms with Crippen molar-refractivity contribution in [3.05, 3.63) is 36.0 Å². The average molecular weight is 316 g/mol. The highest BCUT2D eigenvalue weighted by Gasteiger charge is 2.37. The number of carbonyl (C=O) groups excluding carboxylic acids is 1. The van der Waals surface area contributed by atoms with Crippen molar-refractivity contribution in [2.75, 3.05) is 13.1 Å². The minimum Gasteiger partial charge on any atom is -0.388 e. The molecule has 1 aromatic carbocycles. The number of hydrogen-bond donors (Lipinski definition) is 2. The molecule has 2 atom stereocenters. The molecule has 5 heteroatoms. The molecule has 2 aromatic rings. The second-order valence-corrected chi connectivity index (χ2v) is 6.71. The summed E-state index contributed by atoms with van der Waals surface area (Å²) in [6, 6.07) is 10.3. The molecule has 0 unspecified atom stereocenters. The van der Waals surface area contributed by atoms with Crippen LogP contribution in [0.25, 0.3) is 10.9 Å². The number of para-hydroxylation sites is 1. The number of fused-ring (bicyclic) bond motifs is 1. The number of β-amino-alcohol motifs (C(OH)–C–C–N with tert-alkyl or cyclic N) is 1. The van der Waals surface area contributed by atoms with Crippen molar-refractivity contribution in [3.63, 3.8) is 0 Å². The zero-order valence-corrected chi connectivity index (χ0v) is 13.7. The van der Waals surface area contributed by atoms with Gasteiger partial charge in [0.05, 0.1) is 11.7 Å². The largest absolute Gasteiger partial charge is 0.388 e. The van der Waals surface area contributed by atoms with E-state index in [-0.39, 0.29) is 12.5 Å². The number of nitrogens with zero attached hydrogens (tertiary/aromatic N) is 2. The van der Waals surface area contributed by atoms with Gasteiger partial charge in [-0.1, -0.05) is 18.2 Å². The van der Waals surface area contributed by atoms with Gasteiger partial charge in [-0.25, -0.2) is 0 Å². The predicted molar refractivity (Wildman–Crippen MR) is 89.1 cm³/mol. The summed E-state index contributed by atoms with van der Waals surface area (Å²) in [5.74, 6) is 0.0248. The number of carbonyl (C=O) groups is 1. The maximum absolute atomic E-state index is 12.4. The molecule has 124 valence electrons. The van der Waals surface area contributed by atoms with Gasteiger partial charge in [0.25, 0.3) is 0 Å². The third-order valence-electron chi connectivity index (χ3n) is 4.92. The SMILES string of the molecule is Cc1cc2ccccc2n1CCC(=O)N1CC[C@@](C)(O)[C@@H](O)C1. The lowest BCUT2D eigenvalue weighted by atomic mass is 9.90. The summed E-state index contributed by atoms with van der Waals surface area (Å²) in [6.07, 6.45) is -0.0749. The first-order chi connectivity index (χ1) is 10.9. The van der Waals surface area contributed by atoms with Crippen molar-refractivity contribution >= 4 is 16.8 Å². The summed E-state index contributed by atoms with van der Waals surface area (Å²) < 4.78 is 2.16. The third-order valence-corrected chi connectivity index (χ3v) is 4.92. The second-order valence-electron chi connectivity index (χ2n) is 6.71. The fourth-order valence-electron chi connectivity index (χ4n) is 3.26. The van der Waals surface area contributed by atoms with Crippen LogP contribution in [0.5, 0.6) is 0 Å². The molecule has 2 N–H and O–H groups in total. The van der Waals surface area contributed by atoms with Crippen molar-refractivity contribution in [1.82, 2.24) is 9.47 Å². The van der Waals surface area contributed by atoms with Gasteiger partial charge in [0.1, 0.15) is 0 Å². The first-order valence-corrected chi connectivity index (χ1v) is 8.11. The summed E-state index contributed by atoms with van der Waals surface area (Å²) in [7, 11) is 0. The fraction of sp³-hybridized carbons (Fsp3) is 0.500. The van der Waals surface area contributed by atoms with Gasteiger partial charge in [0.2, 0.25) is 5.91 Å². The Morgan fingerprint density at radius 2 is 2.13 bits per heavy atom. The first-order valence-electron chi connectivity index (χ1n) is 8.11. The second kappa shape index (κ2) is 5.98. The quantitative estimate of drug-likeness (QED) is 0.905. The first kappa shape index (κ1) is 16.0. The lowest BCUT2D eigenvalue weighted by Gasteiger charge is -2.40. The van der Waals surface area contributed by atoms with Crippen LogP contribution in [0, 0.1) is 6.92 Å². The zero-order valence-electron chi connectivity index (χ0n) is 13.7. The van der Waals surface area contributed by atoms with Crippen molar-refractivity contribution in [2.45, 2.75) is 44.9 Å². The van der Waals surface area contributed by atoms with Crippen LogP contribution in [0.3, 0.4) is 0 Å². The Bertz CT molecular complexity index is 720. The standard InChI is InChI=1S/C18H24N2O3/c1-13-11-14-5-3-4-6-15(14)20(13)9-7-17(22)19-10-8-18(2,23)16(21)12-19/h3-6,11,16,21,23H,7-10,12H2,1-2H3/t16-,18+/m0/s1. The van der Waals surface area contributed by atoms with Crippen LogP contribution in [0.1, 0.15) is 25.5 Å². The van der Waals surface area contributed by atoms with Crippen molar-refractivity contribution in [2.24, 2.45) is 0 Å². The highest BCUT2D eigenvalue weighted by Crippen LogP contribution is 2.23. The molecule has 5 nitrogen and oxygen atoms in total. The number of rotatable bonds is 3. The number of likely N-dealkylation sites (tertiary alicyclic amines) is 1. The van der Waals surface area contributed by atoms with Gasteiger partial charge < -0.3 is 19.7 Å². The van der Waals surface area contributed by atoms with Gasteiger partial charge in [-0.15, -0.1) is 0 Å². The van der Waals surface area contributed by atoms with Crippen LogP contribution in [-0.2, 0) is 11.3 Å². The number of amides is 1. The topological polar surface area (TPSA) is 65.7 Å². The Morgan fingerprint density at radius 1 is 1.39 bits per heavy atom. The molecule has 2 heterocycles. The number of piperidine rings is 1. The van der Waals surface area contributed by atoms with Gasteiger partial charge in [0.15, 0.2) is 0 Å². The Balaban J connectivity index is 1.66. The summed E-state index contributed by atoms with van der Waals surface area (Å²) in [5.41, 5.74) is 1.18. The molecule has 1 amide bonds. The highest BCUT2D eigenvalue weighted by atomic mass is 16.3. The predicted octanol–water partition coefficient (Wildman–Crippen LogP) is 1.68. The fourth-order valence-corrected chi connectivity index (χ4v) is 3.26. The maximum atomic E-state index is 12.4. The molecule has 1 aliphatic rings. The van der Waals surface area contributed by atoms with Crippen LogP contribution in [0.15, 0.2) is 30.3 Å². The van der Waals surface area contributed by atoms with E-state index in [2.05, 4.69) is 22.8 Å². The lowest BCUT2D eigenvalue weighted by Crippen LogP contribution is -2.55. The number of aromatic nitrogens is 1. The summed E-state index contributed by atoms with van der Waals surface area (Å²) in [4.78, 5) is 14.1. The molecule has 23 heavy (non-hydrogen) atoms. The lowest BCUT2D eigenvalue weighted by molar-refractivity contribution is -0.146. The zero-order chi connectivity index (χ0) is 16.6. The van der Waals surface area contributed by atoms with E-state index in [9.17, 15) is 15.0 Å². The highest BCUT2D eigenvalue weighted by molar-refractivity contribution is 5.82. The molecule has 3 rings (SSSR count). The van der Waals surface area contributed by atoms with E-state index in [1.807, 2.05) is 19.1 Å². The number of hydrogen-bond acceptors (Lipinski definition) is 3. The van der Waals surface area contributed by atoms with Gasteiger partial charge in [0, 0.05) is 37.3 Å². The Morgan fingerprint density at radius 3 is 2.87 bits per heavy atom. The molecule has 0 aliphatic carbocycles. The van der Waals surface area contributed by atoms with Crippen LogP contribution in [0.4, 0.5) is 0 Å². The van der Waals surface area contributed by atoms with Crippen molar-refractivity contribution < 1.29 is 15.0 Å². The van der Waals surface area contributed by atoms with Crippen LogP contribution >= 0.6 is 0 Å². The number of benzene rings is 1. The van der Waals surface area contributed by atoms with Crippen LogP contribution in [-0.4, -0.2) is 50.4 Å². The summed E-state index contributed by atoms with van der Waals surface area (Å²) in [5, 5.41) is 21.1. The Labute approximate surface area is 136 Å². The summed E-state index contributed by atoms with van der Waals surface area (Å²) >= 11 is 0. The minimum atomic E-state index is -1.09. The Hall–Kier alpha value is -1.85. The smallest absolute Gasteiger partial charge is 0.224 e. The van der Waals surface area contributed by atoms with Gasteiger partial charge >= 0.3 is 0 Å². The van der Waals surface area contributed by atoms with Crippen molar-refractivity contribution in [1.29, 1.82) is 0 Å². The van der Waals surface area contributed by atoms with Gasteiger partial charge in [-0.3, -0.25) is 4.79 Å². The van der Waals surface area contributed by atoms with E-state index in [1.165, 1.54) is 5.39 Å². The van der Waals surface area contributed by atoms with E-state index in [0.29, 0.717) is 25.9 Å². The van der Waals surface area contributed by atoms with E-state index in [1.54, 1.807) is 11.8 Å². The Kier molecular flexibility index (Phi) is 4.17. The number of aryl methyl sites for hydroxylation is 2. The molecule has 0 saturated carbocycles. The molecular formula is C18H24N2O3. The van der Waals surface area contributed by atoms with Crippen LogP contribution in [0.2, 0.25) is 0 Å². The van der Waals surface area contributed by atoms with E-state index in [0.717, 1.165) is 11.2 Å². The van der Waals surface area contributed by atoms with Crippen LogP contribution < -0.4 is 0 Å². The molecule has 0 bridgehead atoms. The normalized spacial score (nSPS) is 25.0. The summed E-state index contributed by atoms with van der Waals surface area (Å²) in [6.45, 7) is 4.99. The monoisotopic (exact) mass is 316 g/mol. The number of aliphatic hydroxyl groups is 2. The molecule has 1 fully saturated rings. The maximum Gasteiger partial charge on any atom is 0.224 e. The molecule has 1 aliphatic heterocycles. The van der Waals surface area contributed by atoms with Gasteiger partial charge in [-0.2, -0.15) is 0 Å². The van der Waals surface area contributed by atoms with Crippen molar-refractivity contribution in [3.8, 4) is 0 Å². The molecular weight excluding hydrogens is 292 g/mol. The van der Waals surface area contributed by atoms with E-state index < -0.39 is 11.7 Å². The molecule has 1 saturated heterocycles. The number of aliphatic hydroxyl groups excluding tert-OH is 1. The minimum absolute atomic E-state index is 0.0248. The van der Waals surface area contributed by atoms with E-state index in [4.69, 9.17) is 0 Å². The molecule has 0 spiro atoms. The molecule has 0 radical (unpaired) electrons.